The summed E-state index contributed by atoms with van der Waals surface area (Å²) in [5, 5.41) is 7.11. The molecule has 2 heterocycles. The minimum atomic E-state index is -0.181. The van der Waals surface area contributed by atoms with Crippen LogP contribution < -0.4 is 5.32 Å². The molecule has 2 aromatic rings. The molecule has 1 unspecified atom stereocenters. The summed E-state index contributed by atoms with van der Waals surface area (Å²) in [4.78, 5) is 15.0. The summed E-state index contributed by atoms with van der Waals surface area (Å²) in [6.07, 6.45) is 2.25. The van der Waals surface area contributed by atoms with E-state index >= 15 is 0 Å². The fourth-order valence-corrected chi connectivity index (χ4v) is 3.26. The Morgan fingerprint density at radius 1 is 1.27 bits per heavy atom. The maximum absolute atomic E-state index is 12.7. The van der Waals surface area contributed by atoms with Crippen LogP contribution in [0.4, 0.5) is 0 Å². The lowest BCUT2D eigenvalue weighted by molar-refractivity contribution is 0.0332. The molecule has 26 heavy (non-hydrogen) atoms. The molecule has 1 saturated carbocycles. The number of ether oxygens (including phenoxy) is 1. The topological polar surface area (TPSA) is 67.6 Å². The first kappa shape index (κ1) is 17.2. The van der Waals surface area contributed by atoms with Gasteiger partial charge in [0.2, 0.25) is 0 Å². The number of carbonyl (C=O) groups excluding carboxylic acids is 1. The average Bonchev–Trinajstić information content (AvgIpc) is 3.39. The van der Waals surface area contributed by atoms with Gasteiger partial charge in [-0.3, -0.25) is 9.69 Å². The van der Waals surface area contributed by atoms with Crippen molar-refractivity contribution in [2.24, 2.45) is 0 Å². The summed E-state index contributed by atoms with van der Waals surface area (Å²) in [6, 6.07) is 10.0. The van der Waals surface area contributed by atoms with Crippen molar-refractivity contribution in [3.05, 3.63) is 52.9 Å². The second kappa shape index (κ2) is 7.60. The molecule has 1 atom stereocenters. The van der Waals surface area contributed by atoms with Crippen LogP contribution in [0.3, 0.4) is 0 Å². The fraction of sp³-hybridized carbons (Fsp3) is 0.500. The number of nitrogens with zero attached hydrogens (tertiary/aromatic N) is 2. The third-order valence-electron chi connectivity index (χ3n) is 5.07. The first-order chi connectivity index (χ1) is 12.7. The Balaban J connectivity index is 1.48. The number of hydrogen-bond acceptors (Lipinski definition) is 5. The van der Waals surface area contributed by atoms with E-state index in [1.807, 2.05) is 0 Å². The van der Waals surface area contributed by atoms with E-state index in [1.165, 1.54) is 5.56 Å². The monoisotopic (exact) mass is 355 g/mol. The van der Waals surface area contributed by atoms with Gasteiger partial charge in [0.1, 0.15) is 5.76 Å². The van der Waals surface area contributed by atoms with E-state index in [1.54, 1.807) is 6.07 Å². The van der Waals surface area contributed by atoms with Crippen molar-refractivity contribution in [1.82, 2.24) is 15.4 Å². The van der Waals surface area contributed by atoms with Crippen LogP contribution in [-0.2, 0) is 4.74 Å². The Labute approximate surface area is 153 Å². The quantitative estimate of drug-likeness (QED) is 0.863. The van der Waals surface area contributed by atoms with Crippen molar-refractivity contribution >= 4 is 5.91 Å². The van der Waals surface area contributed by atoms with E-state index in [2.05, 4.69) is 46.6 Å². The Bertz CT molecular complexity index is 746. The molecule has 1 aromatic heterocycles. The van der Waals surface area contributed by atoms with Crippen molar-refractivity contribution in [3.63, 3.8) is 0 Å². The normalized spacial score (nSPS) is 19.3. The molecule has 138 valence electrons. The molecule has 0 radical (unpaired) electrons. The van der Waals surface area contributed by atoms with Gasteiger partial charge in [0.15, 0.2) is 5.69 Å². The predicted molar refractivity (Wildman–Crippen MR) is 97.1 cm³/mol. The maximum atomic E-state index is 12.7. The van der Waals surface area contributed by atoms with Crippen molar-refractivity contribution < 1.29 is 14.1 Å². The molecule has 1 N–H and O–H groups in total. The van der Waals surface area contributed by atoms with Gasteiger partial charge in [0.05, 0.1) is 19.3 Å². The average molecular weight is 355 g/mol. The van der Waals surface area contributed by atoms with Gasteiger partial charge >= 0.3 is 0 Å². The zero-order chi connectivity index (χ0) is 17.9. The first-order valence-corrected chi connectivity index (χ1v) is 9.33. The predicted octanol–water partition coefficient (Wildman–Crippen LogP) is 2.66. The second-order valence-corrected chi connectivity index (χ2v) is 7.24. The van der Waals surface area contributed by atoms with Gasteiger partial charge in [0.25, 0.3) is 5.91 Å². The van der Waals surface area contributed by atoms with E-state index in [0.29, 0.717) is 11.6 Å². The second-order valence-electron chi connectivity index (χ2n) is 7.24. The van der Waals surface area contributed by atoms with Gasteiger partial charge in [-0.25, -0.2) is 0 Å². The number of nitrogens with one attached hydrogen (secondary N) is 1. The number of aryl methyl sites for hydroxylation is 1. The van der Waals surface area contributed by atoms with Gasteiger partial charge < -0.3 is 14.6 Å². The summed E-state index contributed by atoms with van der Waals surface area (Å²) >= 11 is 0. The van der Waals surface area contributed by atoms with Crippen LogP contribution in [0.15, 0.2) is 34.9 Å². The largest absolute Gasteiger partial charge is 0.379 e. The van der Waals surface area contributed by atoms with Gasteiger partial charge in [-0.05, 0) is 25.3 Å². The highest BCUT2D eigenvalue weighted by Crippen LogP contribution is 2.40. The smallest absolute Gasteiger partial charge is 0.274 e. The lowest BCUT2D eigenvalue weighted by Gasteiger charge is -2.31. The summed E-state index contributed by atoms with van der Waals surface area (Å²) in [6.45, 7) is 6.06. The highest BCUT2D eigenvalue weighted by atomic mass is 16.5. The molecule has 0 spiro atoms. The number of hydrogen-bond donors (Lipinski definition) is 1. The highest BCUT2D eigenvalue weighted by Gasteiger charge is 2.29. The zero-order valence-corrected chi connectivity index (χ0v) is 15.1. The standard InChI is InChI=1S/C20H25N3O3/c1-14-2-4-15(5-3-14)18(13-23-8-10-25-11-9-23)21-20(24)17-12-19(26-22-17)16-6-7-16/h2-5,12,16,18H,6-11,13H2,1H3,(H,21,24). The summed E-state index contributed by atoms with van der Waals surface area (Å²) in [5.74, 6) is 1.10. The Morgan fingerprint density at radius 2 is 2.00 bits per heavy atom. The molecule has 4 rings (SSSR count). The van der Waals surface area contributed by atoms with Crippen LogP contribution in [0.5, 0.6) is 0 Å². The minimum absolute atomic E-state index is 0.0951. The Hall–Kier alpha value is -2.18. The molecule has 1 aliphatic carbocycles. The molecule has 0 bridgehead atoms. The Kier molecular flexibility index (Phi) is 5.04. The highest BCUT2D eigenvalue weighted by molar-refractivity contribution is 5.92. The third-order valence-corrected chi connectivity index (χ3v) is 5.07. The fourth-order valence-electron chi connectivity index (χ4n) is 3.26. The van der Waals surface area contributed by atoms with E-state index in [4.69, 9.17) is 9.26 Å². The molecule has 1 aromatic carbocycles. The van der Waals surface area contributed by atoms with E-state index < -0.39 is 0 Å². The number of benzene rings is 1. The third kappa shape index (κ3) is 4.14. The van der Waals surface area contributed by atoms with Crippen LogP contribution in [0, 0.1) is 6.92 Å². The van der Waals surface area contributed by atoms with Crippen molar-refractivity contribution in [2.45, 2.75) is 31.7 Å². The van der Waals surface area contributed by atoms with Gasteiger partial charge in [-0.1, -0.05) is 35.0 Å². The zero-order valence-electron chi connectivity index (χ0n) is 15.1. The maximum Gasteiger partial charge on any atom is 0.274 e. The number of aromatic nitrogens is 1. The van der Waals surface area contributed by atoms with Crippen molar-refractivity contribution in [1.29, 1.82) is 0 Å². The van der Waals surface area contributed by atoms with E-state index in [0.717, 1.165) is 57.0 Å². The SMILES string of the molecule is Cc1ccc(C(CN2CCOCC2)NC(=O)c2cc(C3CC3)on2)cc1. The Morgan fingerprint density at radius 3 is 2.69 bits per heavy atom. The van der Waals surface area contributed by atoms with Gasteiger partial charge in [-0.15, -0.1) is 0 Å². The molecule has 1 amide bonds. The first-order valence-electron chi connectivity index (χ1n) is 9.33. The van der Waals surface area contributed by atoms with Crippen LogP contribution >= 0.6 is 0 Å². The molecule has 2 fully saturated rings. The molecule has 6 heteroatoms. The molecular formula is C20H25N3O3. The van der Waals surface area contributed by atoms with Crippen LogP contribution in [-0.4, -0.2) is 48.8 Å². The molecular weight excluding hydrogens is 330 g/mol. The number of amides is 1. The van der Waals surface area contributed by atoms with Crippen LogP contribution in [0.25, 0.3) is 0 Å². The lowest BCUT2D eigenvalue weighted by Crippen LogP contribution is -2.43. The van der Waals surface area contributed by atoms with Crippen molar-refractivity contribution in [2.75, 3.05) is 32.8 Å². The summed E-state index contributed by atoms with van der Waals surface area (Å²) in [5.41, 5.74) is 2.67. The molecule has 1 aliphatic heterocycles. The summed E-state index contributed by atoms with van der Waals surface area (Å²) < 4.78 is 10.8. The van der Waals surface area contributed by atoms with Gasteiger partial charge in [0, 0.05) is 31.6 Å². The van der Waals surface area contributed by atoms with E-state index in [9.17, 15) is 4.79 Å². The van der Waals surface area contributed by atoms with Gasteiger partial charge in [-0.2, -0.15) is 0 Å². The molecule has 6 nitrogen and oxygen atoms in total. The molecule has 1 saturated heterocycles. The number of morpholine rings is 1. The number of carbonyl (C=O) groups is 1. The lowest BCUT2D eigenvalue weighted by atomic mass is 10.0. The number of rotatable bonds is 6. The summed E-state index contributed by atoms with van der Waals surface area (Å²) in [7, 11) is 0. The van der Waals surface area contributed by atoms with Crippen molar-refractivity contribution in [3.8, 4) is 0 Å². The molecule has 2 aliphatic rings. The van der Waals surface area contributed by atoms with Crippen LogP contribution in [0.2, 0.25) is 0 Å². The van der Waals surface area contributed by atoms with E-state index in [-0.39, 0.29) is 11.9 Å². The van der Waals surface area contributed by atoms with Crippen LogP contribution in [0.1, 0.15) is 52.2 Å². The minimum Gasteiger partial charge on any atom is -0.379 e.